The fourth-order valence-electron chi connectivity index (χ4n) is 2.91. The van der Waals surface area contributed by atoms with Crippen LogP contribution in [0.3, 0.4) is 0 Å². The molecule has 1 unspecified atom stereocenters. The molecule has 136 valence electrons. The molecule has 0 spiro atoms. The molecule has 2 heterocycles. The molecule has 0 saturated carbocycles. The van der Waals surface area contributed by atoms with Gasteiger partial charge in [-0.2, -0.15) is 0 Å². The average molecular weight is 364 g/mol. The van der Waals surface area contributed by atoms with E-state index in [1.54, 1.807) is 25.1 Å². The van der Waals surface area contributed by atoms with Gasteiger partial charge in [0.25, 0.3) is 0 Å². The first-order valence-electron chi connectivity index (χ1n) is 8.36. The molecular weight excluding hydrogens is 348 g/mol. The second-order valence-corrected chi connectivity index (χ2v) is 6.10. The van der Waals surface area contributed by atoms with Crippen LogP contribution in [0.2, 0.25) is 0 Å². The van der Waals surface area contributed by atoms with Crippen LogP contribution in [0, 0.1) is 6.92 Å². The van der Waals surface area contributed by atoms with Crippen molar-refractivity contribution in [1.29, 1.82) is 0 Å². The third-order valence-corrected chi connectivity index (χ3v) is 4.14. The number of hydrogen-bond acceptors (Lipinski definition) is 6. The quantitative estimate of drug-likeness (QED) is 0.563. The van der Waals surface area contributed by atoms with Crippen LogP contribution in [0.15, 0.2) is 62.2 Å². The molecule has 1 atom stereocenters. The molecule has 1 amide bonds. The lowest BCUT2D eigenvalue weighted by atomic mass is 9.95. The van der Waals surface area contributed by atoms with E-state index in [1.807, 2.05) is 30.3 Å². The minimum atomic E-state index is -0.538. The summed E-state index contributed by atoms with van der Waals surface area (Å²) < 4.78 is 10.6. The topological polar surface area (TPSA) is 114 Å². The summed E-state index contributed by atoms with van der Waals surface area (Å²) in [5.41, 5.74) is 2.39. The van der Waals surface area contributed by atoms with Crippen molar-refractivity contribution in [2.75, 3.05) is 5.32 Å². The van der Waals surface area contributed by atoms with Gasteiger partial charge in [0.15, 0.2) is 5.58 Å². The molecule has 8 heteroatoms. The summed E-state index contributed by atoms with van der Waals surface area (Å²) in [6.07, 6.45) is 0.126. The van der Waals surface area contributed by atoms with Crippen molar-refractivity contribution in [1.82, 2.24) is 15.2 Å². The molecule has 4 rings (SSSR count). The Labute approximate surface area is 153 Å². The molecule has 2 aromatic carbocycles. The second kappa shape index (κ2) is 6.91. The Bertz CT molecular complexity index is 1140. The standard InChI is InChI=1S/C19H16N4O4/c1-11-22-23-18(26-11)14(12-5-3-2-4-6-12)10-17(24)20-13-7-8-15-16(9-13)27-19(25)21-15/h2-9,14H,10H2,1H3,(H,20,24)(H,21,25). The predicted octanol–water partition coefficient (Wildman–Crippen LogP) is 2.97. The lowest BCUT2D eigenvalue weighted by molar-refractivity contribution is -0.116. The summed E-state index contributed by atoms with van der Waals surface area (Å²) >= 11 is 0. The van der Waals surface area contributed by atoms with Gasteiger partial charge in [-0.3, -0.25) is 9.78 Å². The predicted molar refractivity (Wildman–Crippen MR) is 97.4 cm³/mol. The van der Waals surface area contributed by atoms with E-state index in [0.29, 0.717) is 28.6 Å². The number of carbonyl (C=O) groups excluding carboxylic acids is 1. The highest BCUT2D eigenvalue weighted by molar-refractivity contribution is 5.93. The number of fused-ring (bicyclic) bond motifs is 1. The first-order valence-corrected chi connectivity index (χ1v) is 8.36. The smallest absolute Gasteiger partial charge is 0.417 e. The van der Waals surface area contributed by atoms with Crippen molar-refractivity contribution in [3.05, 3.63) is 76.4 Å². The van der Waals surface area contributed by atoms with Crippen LogP contribution in [0.25, 0.3) is 11.1 Å². The zero-order valence-electron chi connectivity index (χ0n) is 14.4. The summed E-state index contributed by atoms with van der Waals surface area (Å²) in [7, 11) is 0. The van der Waals surface area contributed by atoms with Gasteiger partial charge in [0, 0.05) is 25.1 Å². The highest BCUT2D eigenvalue weighted by Gasteiger charge is 2.23. The van der Waals surface area contributed by atoms with E-state index >= 15 is 0 Å². The molecule has 4 aromatic rings. The lowest BCUT2D eigenvalue weighted by Crippen LogP contribution is -2.16. The van der Waals surface area contributed by atoms with Crippen molar-refractivity contribution in [2.45, 2.75) is 19.3 Å². The number of H-pyrrole nitrogens is 1. The minimum absolute atomic E-state index is 0.126. The van der Waals surface area contributed by atoms with Gasteiger partial charge < -0.3 is 14.2 Å². The fourth-order valence-corrected chi connectivity index (χ4v) is 2.91. The summed E-state index contributed by atoms with van der Waals surface area (Å²) in [4.78, 5) is 26.4. The third-order valence-electron chi connectivity index (χ3n) is 4.14. The molecule has 0 radical (unpaired) electrons. The van der Waals surface area contributed by atoms with Crippen molar-refractivity contribution in [3.63, 3.8) is 0 Å². The maximum atomic E-state index is 12.6. The monoisotopic (exact) mass is 364 g/mol. The number of anilines is 1. The molecule has 0 fully saturated rings. The first-order chi connectivity index (χ1) is 13.1. The van der Waals surface area contributed by atoms with Gasteiger partial charge in [-0.15, -0.1) is 10.2 Å². The molecule has 2 N–H and O–H groups in total. The molecule has 0 aliphatic rings. The van der Waals surface area contributed by atoms with Crippen LogP contribution < -0.4 is 11.1 Å². The third kappa shape index (κ3) is 3.64. The Morgan fingerprint density at radius 2 is 1.96 bits per heavy atom. The summed E-state index contributed by atoms with van der Waals surface area (Å²) in [6.45, 7) is 1.71. The molecule has 2 aromatic heterocycles. The van der Waals surface area contributed by atoms with E-state index in [1.165, 1.54) is 0 Å². The lowest BCUT2D eigenvalue weighted by Gasteiger charge is -2.13. The number of benzene rings is 2. The van der Waals surface area contributed by atoms with Crippen LogP contribution in [0.4, 0.5) is 5.69 Å². The molecular formula is C19H16N4O4. The van der Waals surface area contributed by atoms with E-state index in [9.17, 15) is 9.59 Å². The number of aromatic amines is 1. The van der Waals surface area contributed by atoms with Crippen molar-refractivity contribution < 1.29 is 13.6 Å². The summed E-state index contributed by atoms with van der Waals surface area (Å²) in [5.74, 6) is -0.289. The van der Waals surface area contributed by atoms with Crippen molar-refractivity contribution in [3.8, 4) is 0 Å². The number of aryl methyl sites for hydroxylation is 1. The number of carbonyl (C=O) groups is 1. The van der Waals surface area contributed by atoms with Crippen LogP contribution in [-0.4, -0.2) is 21.1 Å². The van der Waals surface area contributed by atoms with Gasteiger partial charge in [0.1, 0.15) is 0 Å². The highest BCUT2D eigenvalue weighted by atomic mass is 16.4. The van der Waals surface area contributed by atoms with E-state index in [0.717, 1.165) is 5.56 Å². The number of amides is 1. The molecule has 0 aliphatic heterocycles. The summed E-state index contributed by atoms with van der Waals surface area (Å²) in [5, 5.41) is 10.8. The maximum Gasteiger partial charge on any atom is 0.417 e. The van der Waals surface area contributed by atoms with Gasteiger partial charge >= 0.3 is 5.76 Å². The molecule has 8 nitrogen and oxygen atoms in total. The number of hydrogen-bond donors (Lipinski definition) is 2. The molecule has 27 heavy (non-hydrogen) atoms. The SMILES string of the molecule is Cc1nnc(C(CC(=O)Nc2ccc3[nH]c(=O)oc3c2)c2ccccc2)o1. The highest BCUT2D eigenvalue weighted by Crippen LogP contribution is 2.27. The van der Waals surface area contributed by atoms with Crippen molar-refractivity contribution >= 4 is 22.7 Å². The first kappa shape index (κ1) is 16.8. The largest absolute Gasteiger partial charge is 0.425 e. The minimum Gasteiger partial charge on any atom is -0.425 e. The Hall–Kier alpha value is -3.68. The van der Waals surface area contributed by atoms with Gasteiger partial charge in [0.2, 0.25) is 17.7 Å². The van der Waals surface area contributed by atoms with E-state index in [-0.39, 0.29) is 18.2 Å². The fraction of sp³-hybridized carbons (Fsp3) is 0.158. The average Bonchev–Trinajstić information content (AvgIpc) is 3.24. The van der Waals surface area contributed by atoms with Crippen LogP contribution >= 0.6 is 0 Å². The van der Waals surface area contributed by atoms with Gasteiger partial charge in [0.05, 0.1) is 11.4 Å². The normalized spacial score (nSPS) is 12.2. The Kier molecular flexibility index (Phi) is 4.29. The van der Waals surface area contributed by atoms with Gasteiger partial charge in [-0.25, -0.2) is 4.79 Å². The zero-order chi connectivity index (χ0) is 18.8. The second-order valence-electron chi connectivity index (χ2n) is 6.10. The molecule has 0 saturated heterocycles. The summed E-state index contributed by atoms with van der Waals surface area (Å²) in [6, 6.07) is 14.5. The number of nitrogens with one attached hydrogen (secondary N) is 2. The number of rotatable bonds is 5. The Balaban J connectivity index is 1.56. The zero-order valence-corrected chi connectivity index (χ0v) is 14.4. The Morgan fingerprint density at radius 1 is 1.15 bits per heavy atom. The molecule has 0 aliphatic carbocycles. The van der Waals surface area contributed by atoms with Crippen LogP contribution in [-0.2, 0) is 4.79 Å². The number of oxazole rings is 1. The van der Waals surface area contributed by atoms with E-state index in [2.05, 4.69) is 20.5 Å². The van der Waals surface area contributed by atoms with Crippen LogP contribution in [0.5, 0.6) is 0 Å². The van der Waals surface area contributed by atoms with Crippen LogP contribution in [0.1, 0.15) is 29.7 Å². The van der Waals surface area contributed by atoms with Gasteiger partial charge in [-0.05, 0) is 17.7 Å². The van der Waals surface area contributed by atoms with Crippen molar-refractivity contribution in [2.24, 2.45) is 0 Å². The van der Waals surface area contributed by atoms with Gasteiger partial charge in [-0.1, -0.05) is 30.3 Å². The molecule has 0 bridgehead atoms. The number of aromatic nitrogens is 3. The van der Waals surface area contributed by atoms with E-state index < -0.39 is 5.76 Å². The van der Waals surface area contributed by atoms with E-state index in [4.69, 9.17) is 8.83 Å². The Morgan fingerprint density at radius 3 is 2.70 bits per heavy atom. The number of nitrogens with zero attached hydrogens (tertiary/aromatic N) is 2. The maximum absolute atomic E-state index is 12.6.